The second kappa shape index (κ2) is 12.1. The van der Waals surface area contributed by atoms with E-state index in [1.165, 1.54) is 18.4 Å². The van der Waals surface area contributed by atoms with Crippen LogP contribution in [0, 0.1) is 5.92 Å². The molecule has 1 aromatic heterocycles. The Morgan fingerprint density at radius 1 is 0.811 bits per heavy atom. The Morgan fingerprint density at radius 2 is 1.51 bits per heavy atom. The zero-order valence-electron chi connectivity index (χ0n) is 21.9. The molecule has 0 bridgehead atoms. The molecule has 1 aliphatic rings. The summed E-state index contributed by atoms with van der Waals surface area (Å²) in [6.07, 6.45) is 5.79. The summed E-state index contributed by atoms with van der Waals surface area (Å²) in [5.41, 5.74) is 2.31. The highest BCUT2D eigenvalue weighted by Gasteiger charge is 2.22. The smallest absolute Gasteiger partial charge is 0.225 e. The van der Waals surface area contributed by atoms with E-state index in [1.54, 1.807) is 0 Å². The van der Waals surface area contributed by atoms with Crippen molar-refractivity contribution >= 4 is 22.7 Å². The Morgan fingerprint density at radius 3 is 2.27 bits per heavy atom. The van der Waals surface area contributed by atoms with Crippen molar-refractivity contribution in [2.45, 2.75) is 38.1 Å². The van der Waals surface area contributed by atoms with Gasteiger partial charge in [-0.1, -0.05) is 42.5 Å². The highest BCUT2D eigenvalue weighted by Crippen LogP contribution is 2.28. The fourth-order valence-electron chi connectivity index (χ4n) is 5.05. The van der Waals surface area contributed by atoms with E-state index < -0.39 is 0 Å². The van der Waals surface area contributed by atoms with E-state index in [1.807, 2.05) is 56.6 Å². The molecule has 1 aliphatic carbocycles. The summed E-state index contributed by atoms with van der Waals surface area (Å²) in [7, 11) is 4.07. The van der Waals surface area contributed by atoms with Gasteiger partial charge in [0.2, 0.25) is 5.95 Å². The van der Waals surface area contributed by atoms with Gasteiger partial charge in [-0.05, 0) is 93.1 Å². The SMILES string of the molecule is CN(C)c1nc(N[C@H]2CC[C@@H](CNCCc3ccc(Oc4ccccc4)cc3)CC2)nc2ccccc12. The highest BCUT2D eigenvalue weighted by atomic mass is 16.5. The molecule has 1 fully saturated rings. The molecule has 2 N–H and O–H groups in total. The molecule has 1 saturated carbocycles. The lowest BCUT2D eigenvalue weighted by Gasteiger charge is -2.29. The number of hydrogen-bond acceptors (Lipinski definition) is 6. The van der Waals surface area contributed by atoms with Crippen LogP contribution in [-0.2, 0) is 6.42 Å². The van der Waals surface area contributed by atoms with Crippen LogP contribution in [0.5, 0.6) is 11.5 Å². The van der Waals surface area contributed by atoms with E-state index in [-0.39, 0.29) is 0 Å². The van der Waals surface area contributed by atoms with Crippen molar-refractivity contribution in [2.75, 3.05) is 37.4 Å². The van der Waals surface area contributed by atoms with Crippen molar-refractivity contribution < 1.29 is 4.74 Å². The Balaban J connectivity index is 1.03. The van der Waals surface area contributed by atoms with Crippen LogP contribution in [0.3, 0.4) is 0 Å². The van der Waals surface area contributed by atoms with E-state index >= 15 is 0 Å². The Labute approximate surface area is 220 Å². The first-order valence-electron chi connectivity index (χ1n) is 13.4. The standard InChI is InChI=1S/C31H37N5O/c1-36(2)30-28-10-6-7-11-29(28)34-31(35-30)33-25-16-12-24(13-17-25)22-32-21-20-23-14-18-27(19-15-23)37-26-8-4-3-5-9-26/h3-11,14-15,18-19,24-25,32H,12-13,16-17,20-22H2,1-2H3,(H,33,34,35)/t24-,25+. The molecule has 6 heteroatoms. The third-order valence-corrected chi connectivity index (χ3v) is 7.11. The van der Waals surface area contributed by atoms with E-state index in [0.717, 1.165) is 72.4 Å². The molecular formula is C31H37N5O. The molecule has 37 heavy (non-hydrogen) atoms. The van der Waals surface area contributed by atoms with Crippen LogP contribution in [0.1, 0.15) is 31.2 Å². The third-order valence-electron chi connectivity index (χ3n) is 7.11. The maximum absolute atomic E-state index is 5.89. The van der Waals surface area contributed by atoms with Crippen LogP contribution in [0.25, 0.3) is 10.9 Å². The van der Waals surface area contributed by atoms with Gasteiger partial charge in [0, 0.05) is 25.5 Å². The van der Waals surface area contributed by atoms with Gasteiger partial charge in [0.05, 0.1) is 5.52 Å². The number of fused-ring (bicyclic) bond motifs is 1. The van der Waals surface area contributed by atoms with Crippen LogP contribution >= 0.6 is 0 Å². The number of rotatable bonds is 10. The maximum Gasteiger partial charge on any atom is 0.225 e. The number of para-hydroxylation sites is 2. The number of anilines is 2. The molecule has 3 aromatic carbocycles. The molecule has 0 unspecified atom stereocenters. The summed E-state index contributed by atoms with van der Waals surface area (Å²) in [4.78, 5) is 11.7. The summed E-state index contributed by atoms with van der Waals surface area (Å²) in [6.45, 7) is 2.08. The first-order valence-corrected chi connectivity index (χ1v) is 13.4. The van der Waals surface area contributed by atoms with Crippen LogP contribution < -0.4 is 20.3 Å². The lowest BCUT2D eigenvalue weighted by atomic mass is 9.86. The normalized spacial score (nSPS) is 17.5. The predicted molar refractivity (Wildman–Crippen MR) is 153 cm³/mol. The van der Waals surface area contributed by atoms with Gasteiger partial charge >= 0.3 is 0 Å². The third kappa shape index (κ3) is 6.77. The Hall–Kier alpha value is -3.64. The number of benzene rings is 3. The highest BCUT2D eigenvalue weighted by molar-refractivity contribution is 5.90. The monoisotopic (exact) mass is 495 g/mol. The average Bonchev–Trinajstić information content (AvgIpc) is 2.93. The topological polar surface area (TPSA) is 62.3 Å². The molecule has 6 nitrogen and oxygen atoms in total. The lowest BCUT2D eigenvalue weighted by Crippen LogP contribution is -2.32. The van der Waals surface area contributed by atoms with E-state index in [0.29, 0.717) is 6.04 Å². The van der Waals surface area contributed by atoms with E-state index in [9.17, 15) is 0 Å². The first-order chi connectivity index (χ1) is 18.1. The van der Waals surface area contributed by atoms with Crippen molar-refractivity contribution in [3.8, 4) is 11.5 Å². The van der Waals surface area contributed by atoms with Crippen molar-refractivity contribution in [3.63, 3.8) is 0 Å². The quantitative estimate of drug-likeness (QED) is 0.252. The zero-order valence-corrected chi connectivity index (χ0v) is 21.9. The summed E-state index contributed by atoms with van der Waals surface area (Å²) in [5, 5.41) is 8.39. The van der Waals surface area contributed by atoms with Crippen LogP contribution in [0.15, 0.2) is 78.9 Å². The minimum atomic E-state index is 0.434. The van der Waals surface area contributed by atoms with E-state index in [4.69, 9.17) is 14.7 Å². The minimum Gasteiger partial charge on any atom is -0.457 e. The van der Waals surface area contributed by atoms with Crippen LogP contribution in [0.4, 0.5) is 11.8 Å². The predicted octanol–water partition coefficient (Wildman–Crippen LogP) is 6.29. The summed E-state index contributed by atoms with van der Waals surface area (Å²) >= 11 is 0. The molecule has 192 valence electrons. The Kier molecular flexibility index (Phi) is 8.16. The van der Waals surface area contributed by atoms with Gasteiger partial charge in [0.15, 0.2) is 0 Å². The zero-order chi connectivity index (χ0) is 25.5. The molecule has 1 heterocycles. The number of aromatic nitrogens is 2. The Bertz CT molecular complexity index is 1270. The molecule has 5 rings (SSSR count). The van der Waals surface area contributed by atoms with Crippen molar-refractivity contribution in [1.82, 2.24) is 15.3 Å². The second-order valence-corrected chi connectivity index (χ2v) is 10.2. The molecule has 4 aromatic rings. The molecule has 0 saturated heterocycles. The summed E-state index contributed by atoms with van der Waals surface area (Å²) < 4.78 is 5.89. The van der Waals surface area contributed by atoms with Crippen molar-refractivity contribution in [3.05, 3.63) is 84.4 Å². The molecule has 0 aliphatic heterocycles. The van der Waals surface area contributed by atoms with Gasteiger partial charge in [0.1, 0.15) is 17.3 Å². The molecular weight excluding hydrogens is 458 g/mol. The summed E-state index contributed by atoms with van der Waals surface area (Å²) in [5.74, 6) is 4.17. The van der Waals surface area contributed by atoms with Crippen LogP contribution in [0.2, 0.25) is 0 Å². The fourth-order valence-corrected chi connectivity index (χ4v) is 5.05. The van der Waals surface area contributed by atoms with Gasteiger partial charge in [-0.25, -0.2) is 4.98 Å². The molecule has 0 spiro atoms. The fraction of sp³-hybridized carbons (Fsp3) is 0.355. The average molecular weight is 496 g/mol. The van der Waals surface area contributed by atoms with Gasteiger partial charge in [-0.15, -0.1) is 0 Å². The van der Waals surface area contributed by atoms with Crippen molar-refractivity contribution in [1.29, 1.82) is 0 Å². The largest absolute Gasteiger partial charge is 0.457 e. The van der Waals surface area contributed by atoms with Gasteiger partial charge in [-0.3, -0.25) is 0 Å². The summed E-state index contributed by atoms with van der Waals surface area (Å²) in [6, 6.07) is 27.0. The van der Waals surface area contributed by atoms with Gasteiger partial charge in [-0.2, -0.15) is 4.98 Å². The maximum atomic E-state index is 5.89. The van der Waals surface area contributed by atoms with E-state index in [2.05, 4.69) is 51.9 Å². The molecule has 0 amide bonds. The second-order valence-electron chi connectivity index (χ2n) is 10.2. The number of nitrogens with one attached hydrogen (secondary N) is 2. The van der Waals surface area contributed by atoms with Crippen molar-refractivity contribution in [2.24, 2.45) is 5.92 Å². The minimum absolute atomic E-state index is 0.434. The number of nitrogens with zero attached hydrogens (tertiary/aromatic N) is 3. The molecule has 0 radical (unpaired) electrons. The first kappa shape index (κ1) is 25.0. The van der Waals surface area contributed by atoms with Crippen LogP contribution in [-0.4, -0.2) is 43.2 Å². The van der Waals surface area contributed by atoms with Gasteiger partial charge in [0.25, 0.3) is 0 Å². The lowest BCUT2D eigenvalue weighted by molar-refractivity contribution is 0.325. The number of hydrogen-bond donors (Lipinski definition) is 2. The number of ether oxygens (including phenoxy) is 1. The van der Waals surface area contributed by atoms with Gasteiger partial charge < -0.3 is 20.3 Å². The molecule has 0 atom stereocenters.